The number of hydrogen-bond acceptors (Lipinski definition) is 3. The molecule has 0 saturated carbocycles. The summed E-state index contributed by atoms with van der Waals surface area (Å²) in [7, 11) is 0. The molecule has 3 aromatic rings. The zero-order valence-corrected chi connectivity index (χ0v) is 17.6. The number of anilines is 2. The topological polar surface area (TPSA) is 45.2 Å². The van der Waals surface area contributed by atoms with Gasteiger partial charge in [-0.25, -0.2) is 0 Å². The van der Waals surface area contributed by atoms with Gasteiger partial charge in [-0.3, -0.25) is 9.78 Å². The van der Waals surface area contributed by atoms with Crippen LogP contribution in [0.2, 0.25) is 0 Å². The van der Waals surface area contributed by atoms with Gasteiger partial charge in [0, 0.05) is 25.0 Å². The predicted molar refractivity (Wildman–Crippen MR) is 120 cm³/mol. The Hall–Kier alpha value is -3.14. The molecule has 150 valence electrons. The molecule has 29 heavy (non-hydrogen) atoms. The number of rotatable bonds is 6. The fourth-order valence-corrected chi connectivity index (χ4v) is 3.16. The predicted octanol–water partition coefficient (Wildman–Crippen LogP) is 5.79. The summed E-state index contributed by atoms with van der Waals surface area (Å²) in [5.74, 6) is -0.0180. The smallest absolute Gasteiger partial charge is 0.255 e. The van der Waals surface area contributed by atoms with Crippen molar-refractivity contribution >= 4 is 17.3 Å². The lowest BCUT2D eigenvalue weighted by atomic mass is 9.87. The molecule has 1 amide bonds. The van der Waals surface area contributed by atoms with Crippen LogP contribution in [0, 0.1) is 0 Å². The van der Waals surface area contributed by atoms with Crippen molar-refractivity contribution < 1.29 is 4.79 Å². The summed E-state index contributed by atoms with van der Waals surface area (Å²) < 4.78 is 0. The van der Waals surface area contributed by atoms with E-state index in [-0.39, 0.29) is 11.3 Å². The van der Waals surface area contributed by atoms with Crippen molar-refractivity contribution in [3.8, 4) is 0 Å². The molecule has 0 spiro atoms. The minimum absolute atomic E-state index is 0.0180. The second-order valence-electron chi connectivity index (χ2n) is 8.22. The molecule has 1 aromatic heterocycles. The van der Waals surface area contributed by atoms with Gasteiger partial charge in [0.2, 0.25) is 0 Å². The number of hydrogen-bond donors (Lipinski definition) is 1. The quantitative estimate of drug-likeness (QED) is 0.583. The maximum absolute atomic E-state index is 13.0. The number of carbonyl (C=O) groups excluding carboxylic acids is 1. The van der Waals surface area contributed by atoms with Crippen LogP contribution in [0.1, 0.15) is 49.2 Å². The standard InChI is InChI=1S/C25H29N3O/c1-5-28(18-19-9-7-6-8-10-19)24(29)20-15-23(17-26-16-20)27-22-13-11-21(12-14-22)25(2,3)4/h6-17,27H,5,18H2,1-4H3. The third kappa shape index (κ3) is 5.44. The average Bonchev–Trinajstić information content (AvgIpc) is 2.72. The van der Waals surface area contributed by atoms with Crippen LogP contribution >= 0.6 is 0 Å². The Morgan fingerprint density at radius 2 is 1.66 bits per heavy atom. The Morgan fingerprint density at radius 3 is 2.28 bits per heavy atom. The molecule has 0 bridgehead atoms. The maximum atomic E-state index is 13.0. The highest BCUT2D eigenvalue weighted by molar-refractivity contribution is 5.94. The van der Waals surface area contributed by atoms with Crippen LogP contribution in [-0.2, 0) is 12.0 Å². The normalized spacial score (nSPS) is 11.2. The lowest BCUT2D eigenvalue weighted by Crippen LogP contribution is -2.30. The lowest BCUT2D eigenvalue weighted by molar-refractivity contribution is 0.0752. The van der Waals surface area contributed by atoms with Gasteiger partial charge >= 0.3 is 0 Å². The molecule has 4 nitrogen and oxygen atoms in total. The highest BCUT2D eigenvalue weighted by Crippen LogP contribution is 2.25. The molecule has 3 rings (SSSR count). The molecule has 4 heteroatoms. The first-order valence-corrected chi connectivity index (χ1v) is 10.0. The van der Waals surface area contributed by atoms with Crippen LogP contribution in [-0.4, -0.2) is 22.3 Å². The van der Waals surface area contributed by atoms with E-state index in [9.17, 15) is 4.79 Å². The van der Waals surface area contributed by atoms with Gasteiger partial charge in [-0.2, -0.15) is 0 Å². The van der Waals surface area contributed by atoms with E-state index in [1.165, 1.54) is 5.56 Å². The summed E-state index contributed by atoms with van der Waals surface area (Å²) in [4.78, 5) is 19.1. The number of nitrogens with one attached hydrogen (secondary N) is 1. The van der Waals surface area contributed by atoms with Crippen LogP contribution in [0.5, 0.6) is 0 Å². The van der Waals surface area contributed by atoms with E-state index in [0.717, 1.165) is 16.9 Å². The molecule has 2 aromatic carbocycles. The molecule has 0 aliphatic carbocycles. The molecule has 0 atom stereocenters. The monoisotopic (exact) mass is 387 g/mol. The fraction of sp³-hybridized carbons (Fsp3) is 0.280. The summed E-state index contributed by atoms with van der Waals surface area (Å²) >= 11 is 0. The SMILES string of the molecule is CCN(Cc1ccccc1)C(=O)c1cncc(Nc2ccc(C(C)(C)C)cc2)c1. The Labute approximate surface area is 173 Å². The molecule has 1 N–H and O–H groups in total. The van der Waals surface area contributed by atoms with E-state index >= 15 is 0 Å². The van der Waals surface area contributed by atoms with Crippen molar-refractivity contribution in [1.82, 2.24) is 9.88 Å². The van der Waals surface area contributed by atoms with Gasteiger partial charge in [0.15, 0.2) is 0 Å². The highest BCUT2D eigenvalue weighted by atomic mass is 16.2. The number of aromatic nitrogens is 1. The maximum Gasteiger partial charge on any atom is 0.255 e. The van der Waals surface area contributed by atoms with Crippen LogP contribution in [0.25, 0.3) is 0 Å². The van der Waals surface area contributed by atoms with Gasteiger partial charge < -0.3 is 10.2 Å². The molecule has 0 saturated heterocycles. The third-order valence-electron chi connectivity index (χ3n) is 4.91. The number of nitrogens with zero attached hydrogens (tertiary/aromatic N) is 2. The Bertz CT molecular complexity index is 944. The summed E-state index contributed by atoms with van der Waals surface area (Å²) in [6, 6.07) is 20.3. The first kappa shape index (κ1) is 20.6. The van der Waals surface area contributed by atoms with E-state index in [1.54, 1.807) is 12.4 Å². The largest absolute Gasteiger partial charge is 0.354 e. The fourth-order valence-electron chi connectivity index (χ4n) is 3.16. The van der Waals surface area contributed by atoms with Crippen LogP contribution in [0.3, 0.4) is 0 Å². The summed E-state index contributed by atoms with van der Waals surface area (Å²) in [5, 5.41) is 3.35. The number of amides is 1. The minimum atomic E-state index is -0.0180. The third-order valence-corrected chi connectivity index (χ3v) is 4.91. The second-order valence-corrected chi connectivity index (χ2v) is 8.22. The Balaban J connectivity index is 1.73. The Kier molecular flexibility index (Phi) is 6.32. The first-order chi connectivity index (χ1) is 13.9. The van der Waals surface area contributed by atoms with E-state index in [4.69, 9.17) is 0 Å². The highest BCUT2D eigenvalue weighted by Gasteiger charge is 2.16. The van der Waals surface area contributed by atoms with Crippen molar-refractivity contribution in [2.75, 3.05) is 11.9 Å². The number of benzene rings is 2. The zero-order chi connectivity index (χ0) is 20.9. The van der Waals surface area contributed by atoms with Crippen molar-refractivity contribution in [1.29, 1.82) is 0 Å². The van der Waals surface area contributed by atoms with E-state index in [0.29, 0.717) is 18.7 Å². The Morgan fingerprint density at radius 1 is 0.966 bits per heavy atom. The summed E-state index contributed by atoms with van der Waals surface area (Å²) in [6.45, 7) is 9.81. The van der Waals surface area contributed by atoms with Crippen molar-refractivity contribution in [3.63, 3.8) is 0 Å². The number of carbonyl (C=O) groups is 1. The lowest BCUT2D eigenvalue weighted by Gasteiger charge is -2.21. The molecular formula is C25H29N3O. The molecule has 0 fully saturated rings. The summed E-state index contributed by atoms with van der Waals surface area (Å²) in [5.41, 5.74) is 4.87. The first-order valence-electron chi connectivity index (χ1n) is 10.0. The van der Waals surface area contributed by atoms with Gasteiger partial charge in [-0.1, -0.05) is 63.2 Å². The van der Waals surface area contributed by atoms with Crippen molar-refractivity contribution in [2.45, 2.75) is 39.7 Å². The zero-order valence-electron chi connectivity index (χ0n) is 17.6. The van der Waals surface area contributed by atoms with Gasteiger partial charge in [0.05, 0.1) is 17.4 Å². The van der Waals surface area contributed by atoms with E-state index in [2.05, 4.69) is 55.3 Å². The van der Waals surface area contributed by atoms with Crippen LogP contribution in [0.15, 0.2) is 73.1 Å². The molecular weight excluding hydrogens is 358 g/mol. The van der Waals surface area contributed by atoms with Crippen molar-refractivity contribution in [2.24, 2.45) is 0 Å². The van der Waals surface area contributed by atoms with Gasteiger partial charge in [0.25, 0.3) is 5.91 Å². The van der Waals surface area contributed by atoms with Crippen LogP contribution < -0.4 is 5.32 Å². The minimum Gasteiger partial charge on any atom is -0.354 e. The van der Waals surface area contributed by atoms with Crippen molar-refractivity contribution in [3.05, 3.63) is 89.7 Å². The molecule has 0 aliphatic rings. The number of pyridine rings is 1. The molecule has 0 radical (unpaired) electrons. The van der Waals surface area contributed by atoms with E-state index < -0.39 is 0 Å². The van der Waals surface area contributed by atoms with Gasteiger partial charge in [-0.15, -0.1) is 0 Å². The molecule has 1 heterocycles. The van der Waals surface area contributed by atoms with Gasteiger partial charge in [-0.05, 0) is 41.7 Å². The van der Waals surface area contributed by atoms with Gasteiger partial charge in [0.1, 0.15) is 0 Å². The summed E-state index contributed by atoms with van der Waals surface area (Å²) in [6.07, 6.45) is 3.37. The molecule has 0 aliphatic heterocycles. The van der Waals surface area contributed by atoms with E-state index in [1.807, 2.05) is 48.2 Å². The van der Waals surface area contributed by atoms with Crippen LogP contribution in [0.4, 0.5) is 11.4 Å². The second kappa shape index (κ2) is 8.91. The molecule has 0 unspecified atom stereocenters. The average molecular weight is 388 g/mol.